The Morgan fingerprint density at radius 2 is 1.95 bits per heavy atom. The van der Waals surface area contributed by atoms with Crippen LogP contribution in [0.2, 0.25) is 0 Å². The lowest BCUT2D eigenvalue weighted by Crippen LogP contribution is -2.18. The second-order valence-corrected chi connectivity index (χ2v) is 4.74. The van der Waals surface area contributed by atoms with Gasteiger partial charge in [0.25, 0.3) is 0 Å². The van der Waals surface area contributed by atoms with E-state index < -0.39 is 0 Å². The Bertz CT molecular complexity index is 554. The molecule has 0 bridgehead atoms. The molecule has 0 aliphatic heterocycles. The first kappa shape index (κ1) is 14.5. The van der Waals surface area contributed by atoms with Crippen LogP contribution in [0.1, 0.15) is 37.9 Å². The first-order valence-electron chi connectivity index (χ1n) is 7.20. The van der Waals surface area contributed by atoms with Crippen LogP contribution in [0.4, 0.5) is 0 Å². The summed E-state index contributed by atoms with van der Waals surface area (Å²) in [6.45, 7) is 7.27. The summed E-state index contributed by atoms with van der Waals surface area (Å²) >= 11 is 0. The molecule has 1 aromatic carbocycles. The van der Waals surface area contributed by atoms with Crippen LogP contribution in [-0.4, -0.2) is 11.5 Å². The van der Waals surface area contributed by atoms with Crippen molar-refractivity contribution in [2.75, 3.05) is 6.54 Å². The van der Waals surface area contributed by atoms with Crippen molar-refractivity contribution >= 4 is 0 Å². The molecule has 0 radical (unpaired) electrons. The van der Waals surface area contributed by atoms with E-state index in [1.165, 1.54) is 5.56 Å². The van der Waals surface area contributed by atoms with Crippen LogP contribution in [0.3, 0.4) is 0 Å². The summed E-state index contributed by atoms with van der Waals surface area (Å²) in [5.74, 6) is 1.57. The van der Waals surface area contributed by atoms with Gasteiger partial charge in [0.05, 0.1) is 0 Å². The van der Waals surface area contributed by atoms with Gasteiger partial charge >= 0.3 is 0 Å². The number of benzene rings is 1. The fourth-order valence-electron chi connectivity index (χ4n) is 2.23. The number of nitrogens with zero attached hydrogens (tertiary/aromatic N) is 1. The zero-order valence-electron chi connectivity index (χ0n) is 12.4. The van der Waals surface area contributed by atoms with Crippen LogP contribution in [0.15, 0.2) is 42.6 Å². The Labute approximate surface area is 121 Å². The van der Waals surface area contributed by atoms with Gasteiger partial charge in [0.15, 0.2) is 0 Å². The van der Waals surface area contributed by atoms with E-state index in [1.54, 1.807) is 6.20 Å². The summed E-state index contributed by atoms with van der Waals surface area (Å²) in [6.07, 6.45) is 2.72. The quantitative estimate of drug-likeness (QED) is 0.857. The molecule has 3 nitrogen and oxygen atoms in total. The van der Waals surface area contributed by atoms with E-state index >= 15 is 0 Å². The summed E-state index contributed by atoms with van der Waals surface area (Å²) < 4.78 is 6.05. The Hall–Kier alpha value is -1.87. The highest BCUT2D eigenvalue weighted by Crippen LogP contribution is 2.29. The molecule has 0 saturated heterocycles. The molecule has 0 aliphatic rings. The van der Waals surface area contributed by atoms with Crippen molar-refractivity contribution in [3.05, 3.63) is 53.7 Å². The maximum atomic E-state index is 6.05. The first-order chi connectivity index (χ1) is 9.76. The van der Waals surface area contributed by atoms with Crippen molar-refractivity contribution < 1.29 is 4.74 Å². The number of aryl methyl sites for hydroxylation is 1. The number of nitrogens with one attached hydrogen (secondary N) is 1. The molecule has 0 spiro atoms. The average molecular weight is 270 g/mol. The van der Waals surface area contributed by atoms with Crippen LogP contribution >= 0.6 is 0 Å². The molecule has 1 atom stereocenters. The van der Waals surface area contributed by atoms with E-state index in [4.69, 9.17) is 4.74 Å². The van der Waals surface area contributed by atoms with E-state index in [0.29, 0.717) is 5.88 Å². The lowest BCUT2D eigenvalue weighted by Gasteiger charge is -2.17. The first-order valence-corrected chi connectivity index (χ1v) is 7.20. The molecule has 1 aromatic heterocycles. The van der Waals surface area contributed by atoms with Crippen molar-refractivity contribution in [3.63, 3.8) is 0 Å². The minimum absolute atomic E-state index is 0.220. The summed E-state index contributed by atoms with van der Waals surface area (Å²) in [5, 5.41) is 3.40. The maximum absolute atomic E-state index is 6.05. The SMILES string of the molecule is CCNC(C)c1cccnc1Oc1ccccc1CC. The van der Waals surface area contributed by atoms with Crippen molar-refractivity contribution in [1.82, 2.24) is 10.3 Å². The minimum Gasteiger partial charge on any atom is -0.438 e. The predicted octanol–water partition coefficient (Wildman–Crippen LogP) is 4.11. The molecule has 1 N–H and O–H groups in total. The summed E-state index contributed by atoms with van der Waals surface area (Å²) in [4.78, 5) is 4.39. The summed E-state index contributed by atoms with van der Waals surface area (Å²) in [7, 11) is 0. The number of pyridine rings is 1. The number of hydrogen-bond donors (Lipinski definition) is 1. The third-order valence-electron chi connectivity index (χ3n) is 3.34. The van der Waals surface area contributed by atoms with Crippen molar-refractivity contribution in [2.45, 2.75) is 33.2 Å². The molecule has 0 amide bonds. The highest BCUT2D eigenvalue weighted by molar-refractivity contribution is 5.39. The van der Waals surface area contributed by atoms with Crippen LogP contribution in [0.5, 0.6) is 11.6 Å². The summed E-state index contributed by atoms with van der Waals surface area (Å²) in [5.41, 5.74) is 2.28. The zero-order valence-corrected chi connectivity index (χ0v) is 12.4. The van der Waals surface area contributed by atoms with Gasteiger partial charge in [-0.1, -0.05) is 38.1 Å². The predicted molar refractivity (Wildman–Crippen MR) is 82.2 cm³/mol. The van der Waals surface area contributed by atoms with Gasteiger partial charge in [-0.05, 0) is 37.6 Å². The van der Waals surface area contributed by atoms with E-state index in [9.17, 15) is 0 Å². The zero-order chi connectivity index (χ0) is 14.4. The van der Waals surface area contributed by atoms with Gasteiger partial charge in [-0.3, -0.25) is 0 Å². The second-order valence-electron chi connectivity index (χ2n) is 4.74. The molecule has 2 rings (SSSR count). The fourth-order valence-corrected chi connectivity index (χ4v) is 2.23. The third kappa shape index (κ3) is 3.36. The van der Waals surface area contributed by atoms with Crippen LogP contribution in [0.25, 0.3) is 0 Å². The van der Waals surface area contributed by atoms with Crippen molar-refractivity contribution in [1.29, 1.82) is 0 Å². The number of para-hydroxylation sites is 1. The molecule has 1 heterocycles. The van der Waals surface area contributed by atoms with E-state index in [1.807, 2.05) is 24.3 Å². The fraction of sp³-hybridized carbons (Fsp3) is 0.353. The standard InChI is InChI=1S/C17H22N2O/c1-4-14-9-6-7-11-16(14)20-17-15(10-8-12-19-17)13(3)18-5-2/h6-13,18H,4-5H2,1-3H3. The molecule has 0 aliphatic carbocycles. The van der Waals surface area contributed by atoms with E-state index in [0.717, 1.165) is 24.3 Å². The molecule has 3 heteroatoms. The number of aromatic nitrogens is 1. The normalized spacial score (nSPS) is 12.2. The largest absolute Gasteiger partial charge is 0.438 e. The Kier molecular flexibility index (Phi) is 5.13. The highest BCUT2D eigenvalue weighted by Gasteiger charge is 2.13. The van der Waals surface area contributed by atoms with Crippen LogP contribution < -0.4 is 10.1 Å². The molecule has 2 aromatic rings. The van der Waals surface area contributed by atoms with Gasteiger partial charge in [0.2, 0.25) is 5.88 Å². The minimum atomic E-state index is 0.220. The van der Waals surface area contributed by atoms with Gasteiger partial charge < -0.3 is 10.1 Å². The molecule has 0 fully saturated rings. The monoisotopic (exact) mass is 270 g/mol. The molecule has 1 unspecified atom stereocenters. The van der Waals surface area contributed by atoms with Gasteiger partial charge in [0, 0.05) is 17.8 Å². The van der Waals surface area contributed by atoms with Gasteiger partial charge in [0.1, 0.15) is 5.75 Å². The smallest absolute Gasteiger partial charge is 0.223 e. The lowest BCUT2D eigenvalue weighted by molar-refractivity contribution is 0.439. The molecular formula is C17H22N2O. The van der Waals surface area contributed by atoms with Crippen molar-refractivity contribution in [3.8, 4) is 11.6 Å². The van der Waals surface area contributed by atoms with Gasteiger partial charge in [-0.25, -0.2) is 4.98 Å². The lowest BCUT2D eigenvalue weighted by atomic mass is 10.1. The molecule has 0 saturated carbocycles. The van der Waals surface area contributed by atoms with Crippen molar-refractivity contribution in [2.24, 2.45) is 0 Å². The van der Waals surface area contributed by atoms with Gasteiger partial charge in [-0.2, -0.15) is 0 Å². The van der Waals surface area contributed by atoms with E-state index in [2.05, 4.69) is 43.2 Å². The number of ether oxygens (including phenoxy) is 1. The highest BCUT2D eigenvalue weighted by atomic mass is 16.5. The number of rotatable bonds is 6. The van der Waals surface area contributed by atoms with Gasteiger partial charge in [-0.15, -0.1) is 0 Å². The average Bonchev–Trinajstić information content (AvgIpc) is 2.48. The second kappa shape index (κ2) is 7.06. The molecule has 20 heavy (non-hydrogen) atoms. The Morgan fingerprint density at radius 3 is 2.70 bits per heavy atom. The molecule has 106 valence electrons. The maximum Gasteiger partial charge on any atom is 0.223 e. The van der Waals surface area contributed by atoms with E-state index in [-0.39, 0.29) is 6.04 Å². The molecular weight excluding hydrogens is 248 g/mol. The summed E-state index contributed by atoms with van der Waals surface area (Å²) in [6, 6.07) is 12.3. The van der Waals surface area contributed by atoms with Crippen LogP contribution in [0, 0.1) is 0 Å². The Morgan fingerprint density at radius 1 is 1.15 bits per heavy atom. The van der Waals surface area contributed by atoms with Crippen LogP contribution in [-0.2, 0) is 6.42 Å². The third-order valence-corrected chi connectivity index (χ3v) is 3.34. The topological polar surface area (TPSA) is 34.2 Å². The number of hydrogen-bond acceptors (Lipinski definition) is 3. The Balaban J connectivity index is 2.29.